The molecule has 0 fully saturated rings. The van der Waals surface area contributed by atoms with Crippen LogP contribution in [0.1, 0.15) is 24.8 Å². The van der Waals surface area contributed by atoms with E-state index in [0.717, 1.165) is 19.0 Å². The summed E-state index contributed by atoms with van der Waals surface area (Å²) in [6, 6.07) is 4.00. The lowest BCUT2D eigenvalue weighted by atomic mass is 9.94. The third-order valence-corrected chi connectivity index (χ3v) is 3.15. The number of nitrogens with one attached hydrogen (secondary N) is 1. The van der Waals surface area contributed by atoms with Crippen LogP contribution in [0.5, 0.6) is 5.88 Å². The number of hydrogen-bond donors (Lipinski definition) is 1. The zero-order valence-corrected chi connectivity index (χ0v) is 10.4. The van der Waals surface area contributed by atoms with Gasteiger partial charge in [0, 0.05) is 18.8 Å². The Morgan fingerprint density at radius 3 is 3.18 bits per heavy atom. The molecule has 0 amide bonds. The molecule has 1 unspecified atom stereocenters. The number of pyridine rings is 1. The summed E-state index contributed by atoms with van der Waals surface area (Å²) in [4.78, 5) is 4.10. The van der Waals surface area contributed by atoms with Gasteiger partial charge in [-0.1, -0.05) is 12.2 Å². The first-order chi connectivity index (χ1) is 8.38. The van der Waals surface area contributed by atoms with Gasteiger partial charge in [-0.25, -0.2) is 4.98 Å². The van der Waals surface area contributed by atoms with Gasteiger partial charge in [-0.15, -0.1) is 0 Å². The van der Waals surface area contributed by atoms with Crippen LogP contribution in [0.25, 0.3) is 0 Å². The molecule has 1 atom stereocenters. The molecule has 0 spiro atoms. The molecular formula is C14H20N2O. The second-order valence-corrected chi connectivity index (χ2v) is 4.49. The van der Waals surface area contributed by atoms with Crippen LogP contribution < -0.4 is 10.1 Å². The molecule has 0 saturated carbocycles. The molecule has 0 aromatic carbocycles. The van der Waals surface area contributed by atoms with E-state index in [4.69, 9.17) is 4.74 Å². The van der Waals surface area contributed by atoms with Gasteiger partial charge >= 0.3 is 0 Å². The van der Waals surface area contributed by atoms with Gasteiger partial charge in [0.05, 0.1) is 7.11 Å². The number of hydrogen-bond acceptors (Lipinski definition) is 3. The minimum Gasteiger partial charge on any atom is -0.481 e. The molecule has 1 aromatic heterocycles. The summed E-state index contributed by atoms with van der Waals surface area (Å²) in [5, 5.41) is 3.51. The van der Waals surface area contributed by atoms with Crippen LogP contribution in [-0.4, -0.2) is 18.6 Å². The highest BCUT2D eigenvalue weighted by Gasteiger charge is 2.08. The van der Waals surface area contributed by atoms with Crippen LogP contribution in [-0.2, 0) is 6.54 Å². The summed E-state index contributed by atoms with van der Waals surface area (Å²) in [5.41, 5.74) is 1.23. The topological polar surface area (TPSA) is 34.1 Å². The Morgan fingerprint density at radius 2 is 2.41 bits per heavy atom. The molecule has 1 aromatic rings. The van der Waals surface area contributed by atoms with Gasteiger partial charge in [0.2, 0.25) is 5.88 Å². The first-order valence-corrected chi connectivity index (χ1v) is 6.23. The van der Waals surface area contributed by atoms with Crippen molar-refractivity contribution >= 4 is 0 Å². The SMILES string of the molecule is COc1cc(CNCC2CC=CCC2)ccn1. The molecule has 0 aliphatic heterocycles. The molecular weight excluding hydrogens is 212 g/mol. The van der Waals surface area contributed by atoms with Crippen molar-refractivity contribution in [3.63, 3.8) is 0 Å². The van der Waals surface area contributed by atoms with Gasteiger partial charge in [0.25, 0.3) is 0 Å². The standard InChI is InChI=1S/C14H20N2O/c1-17-14-9-13(7-8-16-14)11-15-10-12-5-3-2-4-6-12/h2-3,7-9,12,15H,4-6,10-11H2,1H3. The first kappa shape index (κ1) is 12.1. The van der Waals surface area contributed by atoms with Crippen LogP contribution in [0, 0.1) is 5.92 Å². The molecule has 0 radical (unpaired) electrons. The van der Waals surface area contributed by atoms with Crippen LogP contribution in [0.15, 0.2) is 30.5 Å². The van der Waals surface area contributed by atoms with Crippen molar-refractivity contribution in [2.75, 3.05) is 13.7 Å². The van der Waals surface area contributed by atoms with Crippen molar-refractivity contribution in [3.8, 4) is 5.88 Å². The predicted octanol–water partition coefficient (Wildman–Crippen LogP) is 2.54. The predicted molar refractivity (Wildman–Crippen MR) is 69.0 cm³/mol. The second kappa shape index (κ2) is 6.40. The molecule has 1 aliphatic carbocycles. The average molecular weight is 232 g/mol. The van der Waals surface area contributed by atoms with Crippen LogP contribution in [0.4, 0.5) is 0 Å². The highest BCUT2D eigenvalue weighted by molar-refractivity contribution is 5.20. The maximum Gasteiger partial charge on any atom is 0.213 e. The van der Waals surface area contributed by atoms with Gasteiger partial charge in [0.1, 0.15) is 0 Å². The van der Waals surface area contributed by atoms with E-state index in [1.165, 1.54) is 24.8 Å². The van der Waals surface area contributed by atoms with Gasteiger partial charge in [-0.05, 0) is 43.4 Å². The lowest BCUT2D eigenvalue weighted by Crippen LogP contribution is -2.23. The van der Waals surface area contributed by atoms with E-state index in [1.807, 2.05) is 12.1 Å². The normalized spacial score (nSPS) is 19.2. The lowest BCUT2D eigenvalue weighted by Gasteiger charge is -2.18. The molecule has 1 aliphatic rings. The molecule has 17 heavy (non-hydrogen) atoms. The zero-order valence-electron chi connectivity index (χ0n) is 10.4. The summed E-state index contributed by atoms with van der Waals surface area (Å²) in [7, 11) is 1.65. The Balaban J connectivity index is 1.75. The van der Waals surface area contributed by atoms with E-state index in [9.17, 15) is 0 Å². The van der Waals surface area contributed by atoms with E-state index < -0.39 is 0 Å². The van der Waals surface area contributed by atoms with Gasteiger partial charge in [-0.2, -0.15) is 0 Å². The summed E-state index contributed by atoms with van der Waals surface area (Å²) < 4.78 is 5.10. The van der Waals surface area contributed by atoms with Crippen molar-refractivity contribution in [1.29, 1.82) is 0 Å². The molecule has 3 heteroatoms. The number of rotatable bonds is 5. The Bertz CT molecular complexity index is 376. The van der Waals surface area contributed by atoms with Gasteiger partial charge in [0.15, 0.2) is 0 Å². The maximum absolute atomic E-state index is 5.10. The number of aromatic nitrogens is 1. The molecule has 1 heterocycles. The summed E-state index contributed by atoms with van der Waals surface area (Å²) in [6.07, 6.45) is 10.1. The van der Waals surface area contributed by atoms with Gasteiger partial charge < -0.3 is 10.1 Å². The summed E-state index contributed by atoms with van der Waals surface area (Å²) >= 11 is 0. The van der Waals surface area contributed by atoms with Gasteiger partial charge in [-0.3, -0.25) is 0 Å². The number of methoxy groups -OCH3 is 1. The highest BCUT2D eigenvalue weighted by Crippen LogP contribution is 2.17. The molecule has 0 bridgehead atoms. The minimum absolute atomic E-state index is 0.685. The van der Waals surface area contributed by atoms with Crippen molar-refractivity contribution in [1.82, 2.24) is 10.3 Å². The largest absolute Gasteiger partial charge is 0.481 e. The fourth-order valence-corrected chi connectivity index (χ4v) is 2.13. The number of ether oxygens (including phenoxy) is 1. The monoisotopic (exact) mass is 232 g/mol. The first-order valence-electron chi connectivity index (χ1n) is 6.23. The fourth-order valence-electron chi connectivity index (χ4n) is 2.13. The third kappa shape index (κ3) is 3.86. The Kier molecular flexibility index (Phi) is 4.56. The Hall–Kier alpha value is -1.35. The number of allylic oxidation sites excluding steroid dienone is 2. The molecule has 3 nitrogen and oxygen atoms in total. The Labute approximate surface area is 103 Å². The minimum atomic E-state index is 0.685. The number of nitrogens with zero attached hydrogens (tertiary/aromatic N) is 1. The molecule has 92 valence electrons. The van der Waals surface area contributed by atoms with E-state index in [1.54, 1.807) is 13.3 Å². The van der Waals surface area contributed by atoms with E-state index in [2.05, 4.69) is 22.5 Å². The van der Waals surface area contributed by atoms with E-state index in [0.29, 0.717) is 5.88 Å². The smallest absolute Gasteiger partial charge is 0.213 e. The maximum atomic E-state index is 5.10. The van der Waals surface area contributed by atoms with E-state index in [-0.39, 0.29) is 0 Å². The zero-order chi connectivity index (χ0) is 11.9. The van der Waals surface area contributed by atoms with Crippen LogP contribution in [0.3, 0.4) is 0 Å². The molecule has 2 rings (SSSR count). The quantitative estimate of drug-likeness (QED) is 0.792. The lowest BCUT2D eigenvalue weighted by molar-refractivity contribution is 0.396. The van der Waals surface area contributed by atoms with Crippen molar-refractivity contribution in [3.05, 3.63) is 36.0 Å². The fraction of sp³-hybridized carbons (Fsp3) is 0.500. The van der Waals surface area contributed by atoms with Crippen molar-refractivity contribution < 1.29 is 4.74 Å². The van der Waals surface area contributed by atoms with Crippen molar-refractivity contribution in [2.24, 2.45) is 5.92 Å². The highest BCUT2D eigenvalue weighted by atomic mass is 16.5. The summed E-state index contributed by atoms with van der Waals surface area (Å²) in [5.74, 6) is 1.48. The van der Waals surface area contributed by atoms with E-state index >= 15 is 0 Å². The summed E-state index contributed by atoms with van der Waals surface area (Å²) in [6.45, 7) is 1.98. The van der Waals surface area contributed by atoms with Crippen LogP contribution >= 0.6 is 0 Å². The Morgan fingerprint density at radius 1 is 1.47 bits per heavy atom. The van der Waals surface area contributed by atoms with Crippen molar-refractivity contribution in [2.45, 2.75) is 25.8 Å². The average Bonchev–Trinajstić information content (AvgIpc) is 2.40. The second-order valence-electron chi connectivity index (χ2n) is 4.49. The molecule has 1 N–H and O–H groups in total. The third-order valence-electron chi connectivity index (χ3n) is 3.15. The molecule has 0 saturated heterocycles. The van der Waals surface area contributed by atoms with Crippen LogP contribution in [0.2, 0.25) is 0 Å².